The van der Waals surface area contributed by atoms with Crippen LogP contribution in [-0.2, 0) is 4.79 Å². The van der Waals surface area contributed by atoms with Crippen LogP contribution in [0.1, 0.15) is 51.4 Å². The second-order valence-electron chi connectivity index (χ2n) is 8.11. The largest absolute Gasteiger partial charge is 0.497 e. The number of methoxy groups -OCH3 is 1. The average molecular weight is 420 g/mol. The maximum atomic E-state index is 13.5. The van der Waals surface area contributed by atoms with Gasteiger partial charge in [0, 0.05) is 12.5 Å². The van der Waals surface area contributed by atoms with Gasteiger partial charge >= 0.3 is 0 Å². The third-order valence-corrected chi connectivity index (χ3v) is 6.30. The molecule has 0 N–H and O–H groups in total. The Kier molecular flexibility index (Phi) is 6.07. The van der Waals surface area contributed by atoms with E-state index in [1.165, 1.54) is 0 Å². The molecule has 0 radical (unpaired) electrons. The number of fused-ring (bicyclic) bond motifs is 1. The van der Waals surface area contributed by atoms with Gasteiger partial charge in [-0.2, -0.15) is 0 Å². The molecule has 1 heterocycles. The minimum absolute atomic E-state index is 0.0732. The highest BCUT2D eigenvalue weighted by atomic mass is 16.5. The van der Waals surface area contributed by atoms with Crippen LogP contribution in [0, 0.1) is 5.92 Å². The Morgan fingerprint density at radius 1 is 1.16 bits per heavy atom. The first-order valence-electron chi connectivity index (χ1n) is 11.0. The van der Waals surface area contributed by atoms with Crippen LogP contribution in [0.15, 0.2) is 53.3 Å². The van der Waals surface area contributed by atoms with Crippen LogP contribution in [0.2, 0.25) is 0 Å². The number of amides is 1. The van der Waals surface area contributed by atoms with Gasteiger partial charge in [0.15, 0.2) is 0 Å². The number of carbonyl (C=O) groups is 1. The van der Waals surface area contributed by atoms with Crippen molar-refractivity contribution in [1.29, 1.82) is 0 Å². The van der Waals surface area contributed by atoms with Crippen molar-refractivity contribution in [1.82, 2.24) is 14.5 Å². The van der Waals surface area contributed by atoms with Crippen LogP contribution in [0.25, 0.3) is 16.6 Å². The molecule has 0 spiro atoms. The predicted molar refractivity (Wildman–Crippen MR) is 122 cm³/mol. The van der Waals surface area contributed by atoms with E-state index < -0.39 is 0 Å². The second kappa shape index (κ2) is 8.92. The molecule has 4 rings (SSSR count). The molecule has 31 heavy (non-hydrogen) atoms. The maximum absolute atomic E-state index is 13.5. The third-order valence-electron chi connectivity index (χ3n) is 6.30. The lowest BCUT2D eigenvalue weighted by atomic mass is 10.0. The molecule has 1 atom stereocenters. The molecule has 1 aromatic heterocycles. The number of hydrogen-bond donors (Lipinski definition) is 0. The van der Waals surface area contributed by atoms with Crippen molar-refractivity contribution in [3.8, 4) is 11.4 Å². The van der Waals surface area contributed by atoms with Crippen LogP contribution in [0.5, 0.6) is 5.75 Å². The zero-order valence-electron chi connectivity index (χ0n) is 18.4. The standard InChI is InChI=1S/C25H29N3O3/c1-4-27(24(29)18-9-5-6-10-18)17(2)23-26-22-12-8-7-11-21(22)25(30)28(23)19-13-15-20(31-3)16-14-19/h7-8,11-18H,4-6,9-10H2,1-3H3. The van der Waals surface area contributed by atoms with E-state index in [2.05, 4.69) is 0 Å². The van der Waals surface area contributed by atoms with Gasteiger partial charge in [0.1, 0.15) is 11.6 Å². The summed E-state index contributed by atoms with van der Waals surface area (Å²) in [6, 6.07) is 14.4. The van der Waals surface area contributed by atoms with Crippen molar-refractivity contribution in [2.24, 2.45) is 5.92 Å². The Balaban J connectivity index is 1.86. The Morgan fingerprint density at radius 2 is 1.84 bits per heavy atom. The topological polar surface area (TPSA) is 64.4 Å². The molecule has 1 aliphatic rings. The lowest BCUT2D eigenvalue weighted by Gasteiger charge is -2.31. The Labute approximate surface area is 182 Å². The molecule has 1 aliphatic carbocycles. The van der Waals surface area contributed by atoms with Crippen LogP contribution in [0.3, 0.4) is 0 Å². The highest BCUT2D eigenvalue weighted by Gasteiger charge is 2.31. The first-order valence-corrected chi connectivity index (χ1v) is 11.0. The summed E-state index contributed by atoms with van der Waals surface area (Å²) in [5.41, 5.74) is 1.21. The predicted octanol–water partition coefficient (Wildman–Crippen LogP) is 4.49. The number of benzene rings is 2. The Hall–Kier alpha value is -3.15. The SMILES string of the molecule is CCN(C(=O)C1CCCC1)C(C)c1nc2ccccc2c(=O)n1-c1ccc(OC)cc1. The van der Waals surface area contributed by atoms with Gasteiger partial charge in [-0.25, -0.2) is 4.98 Å². The fraction of sp³-hybridized carbons (Fsp3) is 0.400. The summed E-state index contributed by atoms with van der Waals surface area (Å²) >= 11 is 0. The quantitative estimate of drug-likeness (QED) is 0.590. The summed E-state index contributed by atoms with van der Waals surface area (Å²) in [4.78, 5) is 33.5. The minimum atomic E-state index is -0.336. The molecule has 162 valence electrons. The van der Waals surface area contributed by atoms with Gasteiger partial charge in [0.05, 0.1) is 29.7 Å². The van der Waals surface area contributed by atoms with Gasteiger partial charge in [-0.15, -0.1) is 0 Å². The molecule has 3 aromatic rings. The average Bonchev–Trinajstić information content (AvgIpc) is 3.34. The molecular formula is C25H29N3O3. The van der Waals surface area contributed by atoms with E-state index in [0.717, 1.165) is 25.7 Å². The summed E-state index contributed by atoms with van der Waals surface area (Å²) in [6.45, 7) is 4.52. The molecule has 6 heteroatoms. The molecule has 2 aromatic carbocycles. The second-order valence-corrected chi connectivity index (χ2v) is 8.11. The normalized spacial score (nSPS) is 15.2. The summed E-state index contributed by atoms with van der Waals surface area (Å²) in [7, 11) is 1.61. The van der Waals surface area contributed by atoms with E-state index in [1.54, 1.807) is 17.7 Å². The van der Waals surface area contributed by atoms with Crippen LogP contribution in [-0.4, -0.2) is 34.0 Å². The Morgan fingerprint density at radius 3 is 2.48 bits per heavy atom. The van der Waals surface area contributed by atoms with Crippen LogP contribution < -0.4 is 10.3 Å². The summed E-state index contributed by atoms with van der Waals surface area (Å²) < 4.78 is 6.91. The molecular weight excluding hydrogens is 390 g/mol. The van der Waals surface area contributed by atoms with Gasteiger partial charge in [-0.1, -0.05) is 25.0 Å². The molecule has 0 aliphatic heterocycles. The number of nitrogens with zero attached hydrogens (tertiary/aromatic N) is 3. The summed E-state index contributed by atoms with van der Waals surface area (Å²) in [5, 5.41) is 0.555. The molecule has 1 saturated carbocycles. The number of rotatable bonds is 6. The van der Waals surface area contributed by atoms with E-state index in [1.807, 2.05) is 61.2 Å². The maximum Gasteiger partial charge on any atom is 0.266 e. The monoisotopic (exact) mass is 419 g/mol. The number of ether oxygens (including phenoxy) is 1. The smallest absolute Gasteiger partial charge is 0.266 e. The molecule has 1 amide bonds. The van der Waals surface area contributed by atoms with Gasteiger partial charge in [0.25, 0.3) is 5.56 Å². The van der Waals surface area contributed by atoms with E-state index >= 15 is 0 Å². The van der Waals surface area contributed by atoms with Crippen molar-refractivity contribution in [3.05, 3.63) is 64.7 Å². The first kappa shape index (κ1) is 21.1. The lowest BCUT2D eigenvalue weighted by Crippen LogP contribution is -2.40. The molecule has 6 nitrogen and oxygen atoms in total. The highest BCUT2D eigenvalue weighted by molar-refractivity contribution is 5.80. The Bertz CT molecular complexity index is 1130. The number of aromatic nitrogens is 2. The highest BCUT2D eigenvalue weighted by Crippen LogP contribution is 2.30. The van der Waals surface area contributed by atoms with Crippen molar-refractivity contribution in [2.45, 2.75) is 45.6 Å². The van der Waals surface area contributed by atoms with Crippen molar-refractivity contribution in [3.63, 3.8) is 0 Å². The van der Waals surface area contributed by atoms with E-state index in [0.29, 0.717) is 34.7 Å². The van der Waals surface area contributed by atoms with Gasteiger partial charge < -0.3 is 9.64 Å². The fourth-order valence-electron chi connectivity index (χ4n) is 4.58. The molecule has 0 saturated heterocycles. The lowest BCUT2D eigenvalue weighted by molar-refractivity contribution is -0.137. The summed E-state index contributed by atoms with van der Waals surface area (Å²) in [5.74, 6) is 1.52. The zero-order chi connectivity index (χ0) is 22.0. The van der Waals surface area contributed by atoms with Crippen molar-refractivity contribution in [2.75, 3.05) is 13.7 Å². The van der Waals surface area contributed by atoms with Crippen LogP contribution in [0.4, 0.5) is 0 Å². The third kappa shape index (κ3) is 3.94. The van der Waals surface area contributed by atoms with E-state index in [9.17, 15) is 9.59 Å². The van der Waals surface area contributed by atoms with Gasteiger partial charge in [-0.05, 0) is 63.1 Å². The van der Waals surface area contributed by atoms with Crippen molar-refractivity contribution >= 4 is 16.8 Å². The molecule has 0 bridgehead atoms. The van der Waals surface area contributed by atoms with Gasteiger partial charge in [0.2, 0.25) is 5.91 Å². The number of hydrogen-bond acceptors (Lipinski definition) is 4. The minimum Gasteiger partial charge on any atom is -0.497 e. The molecule has 1 unspecified atom stereocenters. The first-order chi connectivity index (χ1) is 15.0. The van der Waals surface area contributed by atoms with Gasteiger partial charge in [-0.3, -0.25) is 14.2 Å². The number of para-hydroxylation sites is 1. The zero-order valence-corrected chi connectivity index (χ0v) is 18.4. The van der Waals surface area contributed by atoms with Crippen LogP contribution >= 0.6 is 0 Å². The summed E-state index contributed by atoms with van der Waals surface area (Å²) in [6.07, 6.45) is 4.09. The fourth-order valence-corrected chi connectivity index (χ4v) is 4.58. The van der Waals surface area contributed by atoms with E-state index in [4.69, 9.17) is 9.72 Å². The molecule has 1 fully saturated rings. The van der Waals surface area contributed by atoms with Crippen molar-refractivity contribution < 1.29 is 9.53 Å². The van der Waals surface area contributed by atoms with E-state index in [-0.39, 0.29) is 23.4 Å². The number of carbonyl (C=O) groups excluding carboxylic acids is 1.